The van der Waals surface area contributed by atoms with Gasteiger partial charge in [0.25, 0.3) is 5.91 Å². The van der Waals surface area contributed by atoms with Gasteiger partial charge < -0.3 is 5.32 Å². The molecule has 0 unspecified atom stereocenters. The molecule has 6 nitrogen and oxygen atoms in total. The lowest BCUT2D eigenvalue weighted by molar-refractivity contribution is 0.102. The maximum Gasteiger partial charge on any atom is 0.274 e. The van der Waals surface area contributed by atoms with Crippen LogP contribution in [0.3, 0.4) is 0 Å². The van der Waals surface area contributed by atoms with Crippen LogP contribution >= 0.6 is 0 Å². The smallest absolute Gasteiger partial charge is 0.274 e. The Bertz CT molecular complexity index is 1050. The highest BCUT2D eigenvalue weighted by Gasteiger charge is 2.18. The van der Waals surface area contributed by atoms with Crippen molar-refractivity contribution in [2.24, 2.45) is 0 Å². The van der Waals surface area contributed by atoms with E-state index in [1.54, 1.807) is 18.2 Å². The van der Waals surface area contributed by atoms with E-state index in [1.165, 1.54) is 26.2 Å². The van der Waals surface area contributed by atoms with Gasteiger partial charge in [-0.3, -0.25) is 4.79 Å². The molecule has 2 aromatic carbocycles. The van der Waals surface area contributed by atoms with Crippen molar-refractivity contribution in [3.8, 4) is 0 Å². The predicted molar refractivity (Wildman–Crippen MR) is 97.0 cm³/mol. The normalized spacial score (nSPS) is 11.6. The van der Waals surface area contributed by atoms with Gasteiger partial charge in [0.2, 0.25) is 10.0 Å². The Balaban J connectivity index is 1.87. The Morgan fingerprint density at radius 2 is 1.76 bits per heavy atom. The lowest BCUT2D eigenvalue weighted by atomic mass is 10.2. The van der Waals surface area contributed by atoms with Crippen LogP contribution in [0.5, 0.6) is 0 Å². The van der Waals surface area contributed by atoms with E-state index in [1.807, 2.05) is 30.3 Å². The van der Waals surface area contributed by atoms with Crippen LogP contribution in [0.4, 0.5) is 5.69 Å². The van der Waals surface area contributed by atoms with Gasteiger partial charge >= 0.3 is 0 Å². The topological polar surface area (TPSA) is 79.4 Å². The third-order valence-corrected chi connectivity index (χ3v) is 5.51. The summed E-state index contributed by atoms with van der Waals surface area (Å²) >= 11 is 0. The van der Waals surface area contributed by atoms with Crippen LogP contribution in [0.1, 0.15) is 10.5 Å². The minimum Gasteiger partial charge on any atom is -0.321 e. The zero-order valence-electron chi connectivity index (χ0n) is 13.8. The average Bonchev–Trinajstić information content (AvgIpc) is 2.61. The molecule has 0 aliphatic carbocycles. The van der Waals surface area contributed by atoms with Crippen molar-refractivity contribution in [1.82, 2.24) is 9.29 Å². The van der Waals surface area contributed by atoms with Crippen LogP contribution in [0.2, 0.25) is 0 Å². The molecular weight excluding hydrogens is 338 g/mol. The number of nitrogens with one attached hydrogen (secondary N) is 1. The summed E-state index contributed by atoms with van der Waals surface area (Å²) in [6.45, 7) is 0. The van der Waals surface area contributed by atoms with E-state index in [-0.39, 0.29) is 10.6 Å². The molecule has 0 atom stereocenters. The summed E-state index contributed by atoms with van der Waals surface area (Å²) < 4.78 is 25.5. The van der Waals surface area contributed by atoms with Gasteiger partial charge in [-0.15, -0.1) is 0 Å². The van der Waals surface area contributed by atoms with E-state index in [0.29, 0.717) is 5.69 Å². The number of amides is 1. The highest BCUT2D eigenvalue weighted by atomic mass is 32.2. The maximum absolute atomic E-state index is 12.4. The molecule has 0 fully saturated rings. The number of rotatable bonds is 4. The molecule has 25 heavy (non-hydrogen) atoms. The SMILES string of the molecule is CN(C)S(=O)(=O)c1cccc(NC(=O)c2ccc3ccccc3n2)c1. The Morgan fingerprint density at radius 1 is 1.00 bits per heavy atom. The number of hydrogen-bond acceptors (Lipinski definition) is 4. The van der Waals surface area contributed by atoms with Crippen molar-refractivity contribution in [2.75, 3.05) is 19.4 Å². The van der Waals surface area contributed by atoms with E-state index < -0.39 is 15.9 Å². The third-order valence-electron chi connectivity index (χ3n) is 3.70. The number of fused-ring (bicyclic) bond motifs is 1. The number of carbonyl (C=O) groups excluding carboxylic acids is 1. The van der Waals surface area contributed by atoms with Gasteiger partial charge in [0.05, 0.1) is 10.4 Å². The minimum absolute atomic E-state index is 0.113. The second-order valence-electron chi connectivity index (χ2n) is 5.66. The third kappa shape index (κ3) is 3.52. The molecule has 0 spiro atoms. The zero-order valence-corrected chi connectivity index (χ0v) is 14.6. The number of pyridine rings is 1. The molecule has 3 rings (SSSR count). The number of para-hydroxylation sites is 1. The number of aromatic nitrogens is 1. The first-order valence-corrected chi connectivity index (χ1v) is 9.02. The number of benzene rings is 2. The lowest BCUT2D eigenvalue weighted by Crippen LogP contribution is -2.22. The van der Waals surface area contributed by atoms with Crippen LogP contribution in [0, 0.1) is 0 Å². The van der Waals surface area contributed by atoms with Crippen molar-refractivity contribution in [3.05, 3.63) is 66.4 Å². The highest BCUT2D eigenvalue weighted by Crippen LogP contribution is 2.19. The molecule has 0 aliphatic heterocycles. The van der Waals surface area contributed by atoms with Crippen molar-refractivity contribution >= 4 is 32.5 Å². The molecule has 0 aliphatic rings. The summed E-state index contributed by atoms with van der Waals surface area (Å²) in [6, 6.07) is 17.1. The summed E-state index contributed by atoms with van der Waals surface area (Å²) in [7, 11) is -0.646. The van der Waals surface area contributed by atoms with E-state index in [0.717, 1.165) is 15.2 Å². The van der Waals surface area contributed by atoms with Gasteiger partial charge in [0.15, 0.2) is 0 Å². The van der Waals surface area contributed by atoms with Gasteiger partial charge in [-0.2, -0.15) is 0 Å². The fourth-order valence-electron chi connectivity index (χ4n) is 2.33. The molecule has 7 heteroatoms. The largest absolute Gasteiger partial charge is 0.321 e. The quantitative estimate of drug-likeness (QED) is 0.780. The number of sulfonamides is 1. The number of hydrogen-bond donors (Lipinski definition) is 1. The second kappa shape index (κ2) is 6.62. The Labute approximate surface area is 146 Å². The van der Waals surface area contributed by atoms with Crippen molar-refractivity contribution in [3.63, 3.8) is 0 Å². The number of anilines is 1. The van der Waals surface area contributed by atoms with Gasteiger partial charge in [-0.1, -0.05) is 30.3 Å². The molecule has 0 bridgehead atoms. The fourth-order valence-corrected chi connectivity index (χ4v) is 3.28. The lowest BCUT2D eigenvalue weighted by Gasteiger charge is -2.12. The molecular formula is C18H17N3O3S. The Morgan fingerprint density at radius 3 is 2.52 bits per heavy atom. The standard InChI is InChI=1S/C18H17N3O3S/c1-21(2)25(23,24)15-8-5-7-14(12-15)19-18(22)17-11-10-13-6-3-4-9-16(13)20-17/h3-12H,1-2H3,(H,19,22). The van der Waals surface area contributed by atoms with E-state index in [2.05, 4.69) is 10.3 Å². The first kappa shape index (κ1) is 17.1. The summed E-state index contributed by atoms with van der Waals surface area (Å²) in [5, 5.41) is 3.63. The first-order chi connectivity index (χ1) is 11.9. The van der Waals surface area contributed by atoms with Crippen molar-refractivity contribution in [2.45, 2.75) is 4.90 Å². The van der Waals surface area contributed by atoms with Crippen LogP contribution in [-0.4, -0.2) is 37.7 Å². The van der Waals surface area contributed by atoms with Crippen LogP contribution in [0.25, 0.3) is 10.9 Å². The molecule has 1 heterocycles. The Hall–Kier alpha value is -2.77. The monoisotopic (exact) mass is 355 g/mol. The second-order valence-corrected chi connectivity index (χ2v) is 7.81. The van der Waals surface area contributed by atoms with Gasteiger partial charge in [0, 0.05) is 25.2 Å². The van der Waals surface area contributed by atoms with Crippen molar-refractivity contribution in [1.29, 1.82) is 0 Å². The summed E-state index contributed by atoms with van der Waals surface area (Å²) in [6.07, 6.45) is 0. The van der Waals surface area contributed by atoms with Crippen LogP contribution in [0.15, 0.2) is 65.6 Å². The molecule has 1 N–H and O–H groups in total. The van der Waals surface area contributed by atoms with Gasteiger partial charge in [-0.25, -0.2) is 17.7 Å². The van der Waals surface area contributed by atoms with Gasteiger partial charge in [0.1, 0.15) is 5.69 Å². The highest BCUT2D eigenvalue weighted by molar-refractivity contribution is 7.89. The van der Waals surface area contributed by atoms with E-state index in [9.17, 15) is 13.2 Å². The zero-order chi connectivity index (χ0) is 18.0. The fraction of sp³-hybridized carbons (Fsp3) is 0.111. The molecule has 128 valence electrons. The maximum atomic E-state index is 12.4. The van der Waals surface area contributed by atoms with E-state index in [4.69, 9.17) is 0 Å². The molecule has 1 aromatic heterocycles. The minimum atomic E-state index is -3.56. The predicted octanol–water partition coefficient (Wildman–Crippen LogP) is 2.74. The first-order valence-electron chi connectivity index (χ1n) is 7.58. The molecule has 1 amide bonds. The number of nitrogens with zero attached hydrogens (tertiary/aromatic N) is 2. The van der Waals surface area contributed by atoms with Crippen molar-refractivity contribution < 1.29 is 13.2 Å². The van der Waals surface area contributed by atoms with Crippen LogP contribution < -0.4 is 5.32 Å². The molecule has 0 radical (unpaired) electrons. The summed E-state index contributed by atoms with van der Waals surface area (Å²) in [4.78, 5) is 16.9. The molecule has 0 saturated heterocycles. The Kier molecular flexibility index (Phi) is 4.52. The average molecular weight is 355 g/mol. The molecule has 3 aromatic rings. The van der Waals surface area contributed by atoms with Crippen LogP contribution in [-0.2, 0) is 10.0 Å². The van der Waals surface area contributed by atoms with Gasteiger partial charge in [-0.05, 0) is 30.3 Å². The summed E-state index contributed by atoms with van der Waals surface area (Å²) in [5.41, 5.74) is 1.38. The number of carbonyl (C=O) groups is 1. The van der Waals surface area contributed by atoms with E-state index >= 15 is 0 Å². The molecule has 0 saturated carbocycles. The summed E-state index contributed by atoms with van der Waals surface area (Å²) in [5.74, 6) is -0.398.